The van der Waals surface area contributed by atoms with Gasteiger partial charge < -0.3 is 24.3 Å². The number of halogens is 2. The summed E-state index contributed by atoms with van der Waals surface area (Å²) in [5.41, 5.74) is 1.00. The minimum atomic E-state index is -2.88. The molecule has 6 nitrogen and oxygen atoms in total. The van der Waals surface area contributed by atoms with E-state index in [2.05, 4.69) is 10.1 Å². The van der Waals surface area contributed by atoms with E-state index in [-0.39, 0.29) is 29.5 Å². The van der Waals surface area contributed by atoms with Gasteiger partial charge in [-0.3, -0.25) is 4.79 Å². The maximum absolute atomic E-state index is 12.5. The summed E-state index contributed by atoms with van der Waals surface area (Å²) in [6.07, 6.45) is 0. The van der Waals surface area contributed by atoms with E-state index in [0.717, 1.165) is 5.56 Å². The fourth-order valence-corrected chi connectivity index (χ4v) is 2.35. The van der Waals surface area contributed by atoms with Crippen LogP contribution in [0, 0.1) is 0 Å². The summed E-state index contributed by atoms with van der Waals surface area (Å²) in [7, 11) is 4.36. The fraction of sp³-hybridized carbons (Fsp3) is 0.278. The van der Waals surface area contributed by atoms with Crippen molar-refractivity contribution >= 4 is 5.91 Å². The van der Waals surface area contributed by atoms with Crippen LogP contribution in [0.3, 0.4) is 0 Å². The van der Waals surface area contributed by atoms with Crippen molar-refractivity contribution in [2.45, 2.75) is 13.2 Å². The van der Waals surface area contributed by atoms with E-state index in [1.165, 1.54) is 33.5 Å². The first kappa shape index (κ1) is 19.3. The van der Waals surface area contributed by atoms with Gasteiger partial charge in [0, 0.05) is 6.54 Å². The van der Waals surface area contributed by atoms with Gasteiger partial charge in [0.05, 0.1) is 26.9 Å². The quantitative estimate of drug-likeness (QED) is 0.776. The van der Waals surface area contributed by atoms with Crippen molar-refractivity contribution in [2.75, 3.05) is 21.3 Å². The lowest BCUT2D eigenvalue weighted by Gasteiger charge is -2.15. The van der Waals surface area contributed by atoms with Gasteiger partial charge in [-0.25, -0.2) is 0 Å². The van der Waals surface area contributed by atoms with Crippen molar-refractivity contribution in [3.05, 3.63) is 47.5 Å². The largest absolute Gasteiger partial charge is 0.493 e. The van der Waals surface area contributed by atoms with Gasteiger partial charge in [0.2, 0.25) is 5.75 Å². The van der Waals surface area contributed by atoms with E-state index in [9.17, 15) is 13.6 Å². The number of rotatable bonds is 8. The number of alkyl halides is 2. The van der Waals surface area contributed by atoms with Gasteiger partial charge in [0.15, 0.2) is 11.5 Å². The summed E-state index contributed by atoms with van der Waals surface area (Å²) in [6.45, 7) is -2.68. The van der Waals surface area contributed by atoms with Crippen LogP contribution in [-0.4, -0.2) is 33.8 Å². The van der Waals surface area contributed by atoms with Gasteiger partial charge in [-0.05, 0) is 29.8 Å². The molecule has 26 heavy (non-hydrogen) atoms. The number of hydrogen-bond donors (Lipinski definition) is 1. The second kappa shape index (κ2) is 8.89. The molecule has 0 aliphatic carbocycles. The Labute approximate surface area is 149 Å². The zero-order chi connectivity index (χ0) is 19.1. The highest BCUT2D eigenvalue weighted by atomic mass is 19.3. The van der Waals surface area contributed by atoms with Crippen LogP contribution in [0.5, 0.6) is 23.0 Å². The average Bonchev–Trinajstić information content (AvgIpc) is 2.65. The SMILES string of the molecule is COc1ccc(C(=O)NCc2ccc(OC(F)F)cc2)c(OC)c1OC. The molecule has 0 aliphatic rings. The molecule has 0 saturated carbocycles. The Hall–Kier alpha value is -3.03. The van der Waals surface area contributed by atoms with E-state index in [1.807, 2.05) is 0 Å². The van der Waals surface area contributed by atoms with Crippen LogP contribution in [0.2, 0.25) is 0 Å². The van der Waals surface area contributed by atoms with Crippen molar-refractivity contribution in [1.82, 2.24) is 5.32 Å². The molecule has 0 saturated heterocycles. The summed E-state index contributed by atoms with van der Waals surface area (Å²) in [5.74, 6) is 0.684. The Morgan fingerprint density at radius 2 is 1.62 bits per heavy atom. The first-order valence-electron chi connectivity index (χ1n) is 7.61. The highest BCUT2D eigenvalue weighted by molar-refractivity contribution is 5.98. The van der Waals surface area contributed by atoms with Gasteiger partial charge in [0.1, 0.15) is 5.75 Å². The first-order chi connectivity index (χ1) is 12.5. The van der Waals surface area contributed by atoms with Gasteiger partial charge in [-0.2, -0.15) is 8.78 Å². The molecule has 0 aliphatic heterocycles. The minimum Gasteiger partial charge on any atom is -0.493 e. The lowest BCUT2D eigenvalue weighted by atomic mass is 10.1. The van der Waals surface area contributed by atoms with Crippen molar-refractivity contribution in [1.29, 1.82) is 0 Å². The molecular weight excluding hydrogens is 348 g/mol. The third kappa shape index (κ3) is 4.53. The summed E-state index contributed by atoms with van der Waals surface area (Å²) in [6, 6.07) is 9.16. The normalized spacial score (nSPS) is 10.4. The molecule has 0 fully saturated rings. The van der Waals surface area contributed by atoms with Crippen LogP contribution in [0.15, 0.2) is 36.4 Å². The Morgan fingerprint density at radius 1 is 0.962 bits per heavy atom. The molecule has 0 radical (unpaired) electrons. The van der Waals surface area contributed by atoms with Crippen molar-refractivity contribution < 1.29 is 32.5 Å². The number of methoxy groups -OCH3 is 3. The zero-order valence-corrected chi connectivity index (χ0v) is 14.5. The van der Waals surface area contributed by atoms with Crippen LogP contribution >= 0.6 is 0 Å². The van der Waals surface area contributed by atoms with Crippen LogP contribution in [-0.2, 0) is 6.54 Å². The Bertz CT molecular complexity index is 750. The fourth-order valence-electron chi connectivity index (χ4n) is 2.35. The van der Waals surface area contributed by atoms with Crippen LogP contribution < -0.4 is 24.3 Å². The average molecular weight is 367 g/mol. The summed E-state index contributed by atoms with van der Waals surface area (Å²) in [5, 5.41) is 2.73. The number of benzene rings is 2. The summed E-state index contributed by atoms with van der Waals surface area (Å²) < 4.78 is 44.3. The van der Waals surface area contributed by atoms with E-state index in [0.29, 0.717) is 11.5 Å². The Balaban J connectivity index is 2.10. The Morgan fingerprint density at radius 3 is 2.15 bits per heavy atom. The molecule has 0 atom stereocenters. The zero-order valence-electron chi connectivity index (χ0n) is 14.5. The van der Waals surface area contributed by atoms with E-state index in [4.69, 9.17) is 14.2 Å². The number of carbonyl (C=O) groups excluding carboxylic acids is 1. The Kier molecular flexibility index (Phi) is 6.60. The lowest BCUT2D eigenvalue weighted by molar-refractivity contribution is -0.0498. The summed E-state index contributed by atoms with van der Waals surface area (Å²) in [4.78, 5) is 12.5. The monoisotopic (exact) mass is 367 g/mol. The molecule has 2 aromatic rings. The van der Waals surface area contributed by atoms with E-state index in [1.54, 1.807) is 24.3 Å². The van der Waals surface area contributed by atoms with Crippen LogP contribution in [0.25, 0.3) is 0 Å². The molecule has 0 spiro atoms. The third-order valence-corrected chi connectivity index (χ3v) is 3.55. The molecule has 8 heteroatoms. The molecule has 0 bridgehead atoms. The molecule has 140 valence electrons. The van der Waals surface area contributed by atoms with Crippen molar-refractivity contribution in [3.63, 3.8) is 0 Å². The topological polar surface area (TPSA) is 66.0 Å². The third-order valence-electron chi connectivity index (χ3n) is 3.55. The van der Waals surface area contributed by atoms with Gasteiger partial charge in [-0.1, -0.05) is 12.1 Å². The smallest absolute Gasteiger partial charge is 0.387 e. The molecular formula is C18H19F2NO5. The van der Waals surface area contributed by atoms with E-state index >= 15 is 0 Å². The van der Waals surface area contributed by atoms with E-state index < -0.39 is 6.61 Å². The number of nitrogens with one attached hydrogen (secondary N) is 1. The summed E-state index contributed by atoms with van der Waals surface area (Å²) >= 11 is 0. The van der Waals surface area contributed by atoms with Crippen LogP contribution in [0.1, 0.15) is 15.9 Å². The maximum atomic E-state index is 12.5. The molecule has 2 aromatic carbocycles. The lowest BCUT2D eigenvalue weighted by Crippen LogP contribution is -2.23. The standard InChI is InChI=1S/C18H19F2NO5/c1-23-14-9-8-13(15(24-2)16(14)25-3)17(22)21-10-11-4-6-12(7-5-11)26-18(19)20/h4-9,18H,10H2,1-3H3,(H,21,22). The number of amides is 1. The van der Waals surface area contributed by atoms with Crippen molar-refractivity contribution in [3.8, 4) is 23.0 Å². The predicted octanol–water partition coefficient (Wildman–Crippen LogP) is 3.24. The van der Waals surface area contributed by atoms with Gasteiger partial charge in [-0.15, -0.1) is 0 Å². The molecule has 1 N–H and O–H groups in total. The second-order valence-corrected chi connectivity index (χ2v) is 5.09. The van der Waals surface area contributed by atoms with Crippen LogP contribution in [0.4, 0.5) is 8.78 Å². The predicted molar refractivity (Wildman–Crippen MR) is 90.3 cm³/mol. The van der Waals surface area contributed by atoms with Crippen molar-refractivity contribution in [2.24, 2.45) is 0 Å². The molecule has 0 aromatic heterocycles. The molecule has 0 unspecified atom stereocenters. The highest BCUT2D eigenvalue weighted by Gasteiger charge is 2.20. The molecule has 1 amide bonds. The number of carbonyl (C=O) groups is 1. The molecule has 2 rings (SSSR count). The number of hydrogen-bond acceptors (Lipinski definition) is 5. The van der Waals surface area contributed by atoms with Gasteiger partial charge >= 0.3 is 6.61 Å². The molecule has 0 heterocycles. The number of ether oxygens (including phenoxy) is 4. The maximum Gasteiger partial charge on any atom is 0.387 e. The first-order valence-corrected chi connectivity index (χ1v) is 7.61. The highest BCUT2D eigenvalue weighted by Crippen LogP contribution is 2.39. The second-order valence-electron chi connectivity index (χ2n) is 5.09. The minimum absolute atomic E-state index is 0.0524. The van der Waals surface area contributed by atoms with Gasteiger partial charge in [0.25, 0.3) is 5.91 Å².